The van der Waals surface area contributed by atoms with Crippen LogP contribution in [0.1, 0.15) is 159 Å². The normalized spacial score (nSPS) is 16.5. The molecule has 1 fully saturated rings. The summed E-state index contributed by atoms with van der Waals surface area (Å²) in [6.45, 7) is 6.01. The van der Waals surface area contributed by atoms with Crippen molar-refractivity contribution in [1.82, 2.24) is 0 Å². The maximum Gasteiger partial charge on any atom is 0.343 e. The van der Waals surface area contributed by atoms with E-state index in [-0.39, 0.29) is 5.97 Å². The first-order valence-electron chi connectivity index (χ1n) is 18.4. The molecule has 0 N–H and O–H groups in total. The zero-order chi connectivity index (χ0) is 31.1. The first kappa shape index (κ1) is 36.0. The van der Waals surface area contributed by atoms with Crippen LogP contribution in [0, 0.1) is 11.8 Å². The third-order valence-corrected chi connectivity index (χ3v) is 9.37. The molecule has 0 saturated heterocycles. The number of hydrogen-bond acceptors (Lipinski definition) is 4. The van der Waals surface area contributed by atoms with Crippen molar-refractivity contribution in [2.45, 2.75) is 149 Å². The van der Waals surface area contributed by atoms with Gasteiger partial charge in [-0.2, -0.15) is 0 Å². The molecule has 0 aliphatic heterocycles. The van der Waals surface area contributed by atoms with Crippen LogP contribution in [0.15, 0.2) is 48.5 Å². The quantitative estimate of drug-likeness (QED) is 0.0677. The number of esters is 1. The molecule has 0 heterocycles. The van der Waals surface area contributed by atoms with Crippen LogP contribution in [0.4, 0.5) is 0 Å². The number of unbranched alkanes of at least 4 members (excludes halogenated alkanes) is 12. The van der Waals surface area contributed by atoms with Crippen LogP contribution in [-0.2, 0) is 0 Å². The van der Waals surface area contributed by atoms with Crippen molar-refractivity contribution in [3.8, 4) is 17.2 Å². The molecule has 0 amide bonds. The zero-order valence-electron chi connectivity index (χ0n) is 28.2. The van der Waals surface area contributed by atoms with E-state index in [0.29, 0.717) is 17.9 Å². The van der Waals surface area contributed by atoms with Gasteiger partial charge in [0, 0.05) is 0 Å². The van der Waals surface area contributed by atoms with Gasteiger partial charge in [-0.05, 0) is 79.6 Å². The molecule has 2 unspecified atom stereocenters. The summed E-state index contributed by atoms with van der Waals surface area (Å²) in [7, 11) is 0. The van der Waals surface area contributed by atoms with E-state index in [1.807, 2.05) is 36.4 Å². The van der Waals surface area contributed by atoms with Gasteiger partial charge in [0.1, 0.15) is 17.2 Å². The van der Waals surface area contributed by atoms with E-state index >= 15 is 0 Å². The summed E-state index contributed by atoms with van der Waals surface area (Å²) in [6.07, 6.45) is 28.1. The smallest absolute Gasteiger partial charge is 0.343 e. The van der Waals surface area contributed by atoms with E-state index in [1.54, 1.807) is 12.1 Å². The Morgan fingerprint density at radius 2 is 0.977 bits per heavy atom. The molecule has 2 aromatic rings. The standard InChI is InChI=1S/C40H62O4/c1-3-5-7-9-10-11-12-14-18-32-42-37-26-24-36(25-27-37)40(41)44-39-30-28-38(29-31-39)43-33-19-23-35-22-17-16-21-34(35)20-15-13-8-6-4-2/h24-31,34-35H,3-23,32-33H2,1-2H3. The molecule has 3 rings (SSSR count). The number of hydrogen-bond donors (Lipinski definition) is 0. The van der Waals surface area contributed by atoms with Gasteiger partial charge in [-0.15, -0.1) is 0 Å². The molecule has 1 saturated carbocycles. The molecule has 0 bridgehead atoms. The molecule has 1 aliphatic carbocycles. The molecule has 2 aromatic carbocycles. The van der Waals surface area contributed by atoms with Gasteiger partial charge in [-0.3, -0.25) is 0 Å². The van der Waals surface area contributed by atoms with Crippen molar-refractivity contribution in [2.24, 2.45) is 11.8 Å². The second-order valence-electron chi connectivity index (χ2n) is 13.1. The van der Waals surface area contributed by atoms with Gasteiger partial charge >= 0.3 is 5.97 Å². The molecule has 0 aromatic heterocycles. The SMILES string of the molecule is CCCCCCCCCCCOc1ccc(C(=O)Oc2ccc(OCCCC3CCCCC3CCCCCCC)cc2)cc1. The summed E-state index contributed by atoms with van der Waals surface area (Å²) in [5.41, 5.74) is 0.516. The molecular formula is C40H62O4. The zero-order valence-corrected chi connectivity index (χ0v) is 28.2. The Hall–Kier alpha value is -2.49. The van der Waals surface area contributed by atoms with E-state index in [2.05, 4.69) is 13.8 Å². The minimum absolute atomic E-state index is 0.364. The van der Waals surface area contributed by atoms with Gasteiger partial charge in [-0.25, -0.2) is 4.79 Å². The lowest BCUT2D eigenvalue weighted by Gasteiger charge is -2.31. The first-order chi connectivity index (χ1) is 21.7. The van der Waals surface area contributed by atoms with E-state index in [9.17, 15) is 4.79 Å². The molecular weight excluding hydrogens is 544 g/mol. The third-order valence-electron chi connectivity index (χ3n) is 9.37. The fourth-order valence-electron chi connectivity index (χ4n) is 6.65. The number of benzene rings is 2. The van der Waals surface area contributed by atoms with E-state index in [0.717, 1.165) is 42.8 Å². The monoisotopic (exact) mass is 606 g/mol. The van der Waals surface area contributed by atoms with Gasteiger partial charge < -0.3 is 14.2 Å². The highest BCUT2D eigenvalue weighted by Gasteiger charge is 2.24. The second kappa shape index (κ2) is 22.9. The Morgan fingerprint density at radius 3 is 1.55 bits per heavy atom. The van der Waals surface area contributed by atoms with Crippen molar-refractivity contribution in [2.75, 3.05) is 13.2 Å². The summed E-state index contributed by atoms with van der Waals surface area (Å²) in [4.78, 5) is 12.7. The summed E-state index contributed by atoms with van der Waals surface area (Å²) in [5, 5.41) is 0. The largest absolute Gasteiger partial charge is 0.494 e. The summed E-state index contributed by atoms with van der Waals surface area (Å²) in [6, 6.07) is 14.7. The fraction of sp³-hybridized carbons (Fsp3) is 0.675. The minimum Gasteiger partial charge on any atom is -0.494 e. The average molecular weight is 607 g/mol. The summed E-state index contributed by atoms with van der Waals surface area (Å²) >= 11 is 0. The maximum atomic E-state index is 12.7. The molecule has 0 spiro atoms. The Bertz CT molecular complexity index is 983. The van der Waals surface area contributed by atoms with Crippen molar-refractivity contribution < 1.29 is 19.0 Å². The van der Waals surface area contributed by atoms with Crippen LogP contribution in [-0.4, -0.2) is 19.2 Å². The summed E-state index contributed by atoms with van der Waals surface area (Å²) in [5.74, 6) is 3.58. The van der Waals surface area contributed by atoms with Crippen LogP contribution >= 0.6 is 0 Å². The van der Waals surface area contributed by atoms with Gasteiger partial charge in [0.15, 0.2) is 0 Å². The van der Waals surface area contributed by atoms with Crippen LogP contribution < -0.4 is 14.2 Å². The van der Waals surface area contributed by atoms with Gasteiger partial charge in [-0.1, -0.05) is 129 Å². The topological polar surface area (TPSA) is 44.8 Å². The fourth-order valence-corrected chi connectivity index (χ4v) is 6.65. The van der Waals surface area contributed by atoms with E-state index in [1.165, 1.54) is 122 Å². The Kier molecular flexibility index (Phi) is 18.8. The molecule has 0 radical (unpaired) electrons. The van der Waals surface area contributed by atoms with Crippen molar-refractivity contribution >= 4 is 5.97 Å². The van der Waals surface area contributed by atoms with Gasteiger partial charge in [0.2, 0.25) is 0 Å². The van der Waals surface area contributed by atoms with Crippen LogP contribution in [0.25, 0.3) is 0 Å². The van der Waals surface area contributed by atoms with Crippen LogP contribution in [0.3, 0.4) is 0 Å². The molecule has 4 heteroatoms. The minimum atomic E-state index is -0.364. The maximum absolute atomic E-state index is 12.7. The average Bonchev–Trinajstić information content (AvgIpc) is 3.05. The highest BCUT2D eigenvalue weighted by molar-refractivity contribution is 5.91. The third kappa shape index (κ3) is 15.0. The van der Waals surface area contributed by atoms with Crippen molar-refractivity contribution in [3.05, 3.63) is 54.1 Å². The molecule has 44 heavy (non-hydrogen) atoms. The lowest BCUT2D eigenvalue weighted by atomic mass is 9.74. The van der Waals surface area contributed by atoms with E-state index < -0.39 is 0 Å². The molecule has 4 nitrogen and oxygen atoms in total. The molecule has 1 aliphatic rings. The summed E-state index contributed by atoms with van der Waals surface area (Å²) < 4.78 is 17.5. The van der Waals surface area contributed by atoms with Crippen molar-refractivity contribution in [1.29, 1.82) is 0 Å². The number of rotatable bonds is 24. The highest BCUT2D eigenvalue weighted by atomic mass is 16.5. The Morgan fingerprint density at radius 1 is 0.545 bits per heavy atom. The highest BCUT2D eigenvalue weighted by Crippen LogP contribution is 2.36. The Labute approximate surface area is 269 Å². The molecule has 246 valence electrons. The number of ether oxygens (including phenoxy) is 3. The van der Waals surface area contributed by atoms with Crippen molar-refractivity contribution in [3.63, 3.8) is 0 Å². The molecule has 2 atom stereocenters. The lowest BCUT2D eigenvalue weighted by molar-refractivity contribution is 0.0734. The lowest BCUT2D eigenvalue weighted by Crippen LogP contribution is -2.20. The second-order valence-corrected chi connectivity index (χ2v) is 13.1. The van der Waals surface area contributed by atoms with Crippen LogP contribution in [0.5, 0.6) is 17.2 Å². The predicted octanol–water partition coefficient (Wildman–Crippen LogP) is 12.1. The first-order valence-corrected chi connectivity index (χ1v) is 18.4. The van der Waals surface area contributed by atoms with Gasteiger partial charge in [0.25, 0.3) is 0 Å². The number of carbonyl (C=O) groups excluding carboxylic acids is 1. The number of carbonyl (C=O) groups is 1. The van der Waals surface area contributed by atoms with Crippen LogP contribution in [0.2, 0.25) is 0 Å². The van der Waals surface area contributed by atoms with E-state index in [4.69, 9.17) is 14.2 Å². The van der Waals surface area contributed by atoms with Gasteiger partial charge in [0.05, 0.1) is 18.8 Å². The predicted molar refractivity (Wildman–Crippen MR) is 184 cm³/mol. The Balaban J connectivity index is 1.27.